The first kappa shape index (κ1) is 15.3. The minimum absolute atomic E-state index is 0.135. The summed E-state index contributed by atoms with van der Waals surface area (Å²) in [7, 11) is 1.60. The minimum Gasteiger partial charge on any atom is -0.493 e. The summed E-state index contributed by atoms with van der Waals surface area (Å²) >= 11 is 0. The van der Waals surface area contributed by atoms with E-state index < -0.39 is 0 Å². The van der Waals surface area contributed by atoms with E-state index in [0.29, 0.717) is 30.5 Å². The number of carbonyl (C=O) groups excluding carboxylic acids is 2. The van der Waals surface area contributed by atoms with Gasteiger partial charge in [0.05, 0.1) is 7.11 Å². The van der Waals surface area contributed by atoms with Crippen LogP contribution in [-0.4, -0.2) is 38.1 Å². The molecule has 3 aliphatic rings. The number of carbonyl (C=O) groups is 2. The van der Waals surface area contributed by atoms with Crippen molar-refractivity contribution in [2.45, 2.75) is 31.3 Å². The fourth-order valence-electron chi connectivity index (χ4n) is 4.15. The molecule has 3 fully saturated rings. The number of Topliss-reactive ketones (excluding diaryl/α,β-unsaturated/α-hetero) is 1. The van der Waals surface area contributed by atoms with Crippen LogP contribution in [0.2, 0.25) is 0 Å². The van der Waals surface area contributed by atoms with E-state index in [9.17, 15) is 9.59 Å². The van der Waals surface area contributed by atoms with Gasteiger partial charge in [0.25, 0.3) is 0 Å². The normalized spacial score (nSPS) is 29.3. The molecule has 1 heterocycles. The lowest BCUT2D eigenvalue weighted by Gasteiger charge is -2.26. The fourth-order valence-corrected chi connectivity index (χ4v) is 4.15. The van der Waals surface area contributed by atoms with Gasteiger partial charge in [0.15, 0.2) is 23.4 Å². The van der Waals surface area contributed by atoms with E-state index in [-0.39, 0.29) is 29.8 Å². The molecule has 128 valence electrons. The average Bonchev–Trinajstić information content (AvgIpc) is 3.19. The molecular formula is C18H22N2O4. The quantitative estimate of drug-likeness (QED) is 0.883. The summed E-state index contributed by atoms with van der Waals surface area (Å²) < 4.78 is 11.5. The van der Waals surface area contributed by atoms with Crippen molar-refractivity contribution in [1.29, 1.82) is 0 Å². The molecule has 2 bridgehead atoms. The van der Waals surface area contributed by atoms with Gasteiger partial charge in [0.1, 0.15) is 0 Å². The molecule has 4 rings (SSSR count). The van der Waals surface area contributed by atoms with Gasteiger partial charge < -0.3 is 20.1 Å². The number of ketones is 1. The first-order valence-corrected chi connectivity index (χ1v) is 8.55. The van der Waals surface area contributed by atoms with Gasteiger partial charge in [-0.15, -0.1) is 0 Å². The Kier molecular flexibility index (Phi) is 3.82. The molecule has 2 amide bonds. The number of nitrogens with one attached hydrogen (secondary N) is 2. The van der Waals surface area contributed by atoms with Crippen LogP contribution < -0.4 is 20.1 Å². The van der Waals surface area contributed by atoms with E-state index in [1.165, 1.54) is 0 Å². The zero-order chi connectivity index (χ0) is 16.7. The standard InChI is InChI=1S/C18H22N2O4/c1-23-14-5-4-10(13-8-19-18(22)20-9-13)7-15(14)24-17-12-3-2-11(6-12)16(17)21/h4-5,7,11-13,17H,2-3,6,8-9H2,1H3,(H2,19,20,22)/t11?,12?,17-/m0/s1. The minimum atomic E-state index is -0.336. The SMILES string of the molecule is COc1ccc(C2CNC(=O)NC2)cc1O[C@@H]1C(=O)C2CCC1C2. The largest absolute Gasteiger partial charge is 0.493 e. The van der Waals surface area contributed by atoms with Gasteiger partial charge in [-0.2, -0.15) is 0 Å². The number of urea groups is 1. The van der Waals surface area contributed by atoms with Crippen LogP contribution in [0.15, 0.2) is 18.2 Å². The number of amides is 2. The molecule has 0 aromatic heterocycles. The molecule has 1 saturated heterocycles. The third kappa shape index (κ3) is 2.60. The molecule has 24 heavy (non-hydrogen) atoms. The number of hydrogen-bond donors (Lipinski definition) is 2. The number of rotatable bonds is 4. The highest BCUT2D eigenvalue weighted by Crippen LogP contribution is 2.45. The van der Waals surface area contributed by atoms with Crippen LogP contribution in [0.3, 0.4) is 0 Å². The molecule has 2 N–H and O–H groups in total. The van der Waals surface area contributed by atoms with Crippen molar-refractivity contribution in [3.63, 3.8) is 0 Å². The third-order valence-electron chi connectivity index (χ3n) is 5.52. The van der Waals surface area contributed by atoms with Crippen molar-refractivity contribution in [1.82, 2.24) is 10.6 Å². The van der Waals surface area contributed by atoms with Gasteiger partial charge in [-0.25, -0.2) is 4.79 Å². The van der Waals surface area contributed by atoms with E-state index >= 15 is 0 Å². The first-order valence-electron chi connectivity index (χ1n) is 8.55. The average molecular weight is 330 g/mol. The summed E-state index contributed by atoms with van der Waals surface area (Å²) in [5, 5.41) is 5.61. The Balaban J connectivity index is 1.56. The van der Waals surface area contributed by atoms with E-state index in [1.807, 2.05) is 18.2 Å². The van der Waals surface area contributed by atoms with Crippen LogP contribution in [-0.2, 0) is 4.79 Å². The van der Waals surface area contributed by atoms with E-state index in [2.05, 4.69) is 10.6 Å². The zero-order valence-electron chi connectivity index (χ0n) is 13.7. The molecule has 1 aliphatic heterocycles. The molecule has 2 aliphatic carbocycles. The smallest absolute Gasteiger partial charge is 0.314 e. The molecule has 2 saturated carbocycles. The maximum absolute atomic E-state index is 12.4. The Bertz CT molecular complexity index is 665. The third-order valence-corrected chi connectivity index (χ3v) is 5.52. The molecular weight excluding hydrogens is 308 g/mol. The molecule has 0 spiro atoms. The van der Waals surface area contributed by atoms with Crippen LogP contribution in [0, 0.1) is 11.8 Å². The van der Waals surface area contributed by atoms with Crippen LogP contribution in [0.4, 0.5) is 4.79 Å². The van der Waals surface area contributed by atoms with Gasteiger partial charge in [0, 0.05) is 30.8 Å². The number of benzene rings is 1. The summed E-state index contributed by atoms with van der Waals surface area (Å²) in [6.07, 6.45) is 2.71. The highest BCUT2D eigenvalue weighted by molar-refractivity contribution is 5.89. The topological polar surface area (TPSA) is 76.7 Å². The lowest BCUT2D eigenvalue weighted by Crippen LogP contribution is -2.47. The van der Waals surface area contributed by atoms with Gasteiger partial charge in [-0.1, -0.05) is 6.07 Å². The first-order chi connectivity index (χ1) is 11.7. The van der Waals surface area contributed by atoms with Gasteiger partial charge >= 0.3 is 6.03 Å². The predicted molar refractivity (Wildman–Crippen MR) is 87.4 cm³/mol. The molecule has 1 aromatic carbocycles. The molecule has 6 heteroatoms. The van der Waals surface area contributed by atoms with Gasteiger partial charge in [-0.3, -0.25) is 4.79 Å². The zero-order valence-corrected chi connectivity index (χ0v) is 13.7. The maximum Gasteiger partial charge on any atom is 0.314 e. The van der Waals surface area contributed by atoms with Crippen molar-refractivity contribution >= 4 is 11.8 Å². The van der Waals surface area contributed by atoms with Crippen molar-refractivity contribution in [3.05, 3.63) is 23.8 Å². The number of fused-ring (bicyclic) bond motifs is 2. The van der Waals surface area contributed by atoms with Crippen molar-refractivity contribution in [2.24, 2.45) is 11.8 Å². The molecule has 2 unspecified atom stereocenters. The van der Waals surface area contributed by atoms with Crippen molar-refractivity contribution in [3.8, 4) is 11.5 Å². The van der Waals surface area contributed by atoms with Crippen LogP contribution in [0.1, 0.15) is 30.7 Å². The van der Waals surface area contributed by atoms with E-state index in [1.54, 1.807) is 7.11 Å². The second-order valence-corrected chi connectivity index (χ2v) is 6.91. The lowest BCUT2D eigenvalue weighted by molar-refractivity contribution is -0.128. The predicted octanol–water partition coefficient (Wildman–Crippen LogP) is 1.84. The van der Waals surface area contributed by atoms with E-state index in [4.69, 9.17) is 9.47 Å². The van der Waals surface area contributed by atoms with Crippen LogP contribution in [0.5, 0.6) is 11.5 Å². The Labute approximate surface area is 140 Å². The number of methoxy groups -OCH3 is 1. The van der Waals surface area contributed by atoms with E-state index in [0.717, 1.165) is 24.8 Å². The number of ether oxygens (including phenoxy) is 2. The Hall–Kier alpha value is -2.24. The second kappa shape index (κ2) is 6.00. The maximum atomic E-state index is 12.4. The Morgan fingerprint density at radius 1 is 1.04 bits per heavy atom. The van der Waals surface area contributed by atoms with Crippen LogP contribution >= 0.6 is 0 Å². The summed E-state index contributed by atoms with van der Waals surface area (Å²) in [5.74, 6) is 2.20. The molecule has 1 aromatic rings. The summed E-state index contributed by atoms with van der Waals surface area (Å²) in [5.41, 5.74) is 1.06. The molecule has 6 nitrogen and oxygen atoms in total. The number of hydrogen-bond acceptors (Lipinski definition) is 4. The van der Waals surface area contributed by atoms with Gasteiger partial charge in [0.2, 0.25) is 0 Å². The fraction of sp³-hybridized carbons (Fsp3) is 0.556. The molecule has 3 atom stereocenters. The van der Waals surface area contributed by atoms with Crippen molar-refractivity contribution in [2.75, 3.05) is 20.2 Å². The Morgan fingerprint density at radius 2 is 1.83 bits per heavy atom. The Morgan fingerprint density at radius 3 is 2.50 bits per heavy atom. The van der Waals surface area contributed by atoms with Crippen molar-refractivity contribution < 1.29 is 19.1 Å². The molecule has 0 radical (unpaired) electrons. The highest BCUT2D eigenvalue weighted by Gasteiger charge is 2.48. The summed E-state index contributed by atoms with van der Waals surface area (Å²) in [6, 6.07) is 5.67. The highest BCUT2D eigenvalue weighted by atomic mass is 16.5. The van der Waals surface area contributed by atoms with Gasteiger partial charge in [-0.05, 0) is 37.0 Å². The monoisotopic (exact) mass is 330 g/mol. The summed E-state index contributed by atoms with van der Waals surface area (Å²) in [4.78, 5) is 23.6. The second-order valence-electron chi connectivity index (χ2n) is 6.91. The summed E-state index contributed by atoms with van der Waals surface area (Å²) in [6.45, 7) is 1.18. The lowest BCUT2D eigenvalue weighted by atomic mass is 9.95. The van der Waals surface area contributed by atoms with Crippen LogP contribution in [0.25, 0.3) is 0 Å².